The molecule has 96 valence electrons. The number of pyridine rings is 1. The first-order valence-corrected chi connectivity index (χ1v) is 6.40. The lowest BCUT2D eigenvalue weighted by Crippen LogP contribution is -2.07. The molecule has 0 aliphatic heterocycles. The summed E-state index contributed by atoms with van der Waals surface area (Å²) in [7, 11) is 0. The summed E-state index contributed by atoms with van der Waals surface area (Å²) in [6, 6.07) is 13.8. The lowest BCUT2D eigenvalue weighted by Gasteiger charge is -2.03. The number of nitrogens with zero attached hydrogens (tertiary/aromatic N) is 1. The van der Waals surface area contributed by atoms with Crippen LogP contribution < -0.4 is 0 Å². The summed E-state index contributed by atoms with van der Waals surface area (Å²) in [6.45, 7) is 3.79. The van der Waals surface area contributed by atoms with Gasteiger partial charge in [-0.1, -0.05) is 50.3 Å². The van der Waals surface area contributed by atoms with Crippen molar-refractivity contribution in [2.24, 2.45) is 5.92 Å². The van der Waals surface area contributed by atoms with Gasteiger partial charge in [0.05, 0.1) is 5.69 Å². The topological polar surface area (TPSA) is 30.0 Å². The average Bonchev–Trinajstić information content (AvgIpc) is 2.46. The van der Waals surface area contributed by atoms with Crippen molar-refractivity contribution in [3.05, 3.63) is 65.5 Å². The van der Waals surface area contributed by atoms with Crippen LogP contribution in [0.2, 0.25) is 0 Å². The minimum Gasteiger partial charge on any atom is -0.294 e. The maximum absolute atomic E-state index is 11.8. The van der Waals surface area contributed by atoms with Crippen LogP contribution in [0, 0.1) is 5.92 Å². The fourth-order valence-corrected chi connectivity index (χ4v) is 1.73. The van der Waals surface area contributed by atoms with Gasteiger partial charge in [-0.05, 0) is 23.8 Å². The van der Waals surface area contributed by atoms with Crippen LogP contribution in [0.4, 0.5) is 0 Å². The third-order valence-electron chi connectivity index (χ3n) is 2.84. The molecule has 2 nitrogen and oxygen atoms in total. The molecule has 0 saturated heterocycles. The Hall–Kier alpha value is -2.22. The smallest absolute Gasteiger partial charge is 0.166 e. The second-order valence-electron chi connectivity index (χ2n) is 4.73. The minimum atomic E-state index is 0.00695. The van der Waals surface area contributed by atoms with E-state index in [1.807, 2.05) is 68.5 Å². The maximum Gasteiger partial charge on any atom is 0.166 e. The van der Waals surface area contributed by atoms with Gasteiger partial charge in [-0.15, -0.1) is 0 Å². The van der Waals surface area contributed by atoms with Crippen LogP contribution in [0.1, 0.15) is 35.5 Å². The molecule has 0 N–H and O–H groups in total. The molecule has 2 aromatic rings. The molecule has 0 aliphatic rings. The number of Topliss-reactive ketones (excluding diaryl/α,β-unsaturated/α-hetero) is 1. The van der Waals surface area contributed by atoms with Gasteiger partial charge in [-0.3, -0.25) is 9.78 Å². The highest BCUT2D eigenvalue weighted by atomic mass is 16.1. The Bertz CT molecular complexity index is 568. The van der Waals surface area contributed by atoms with E-state index in [1.54, 1.807) is 6.20 Å². The van der Waals surface area contributed by atoms with Crippen LogP contribution in [0.15, 0.2) is 48.7 Å². The van der Waals surface area contributed by atoms with Crippen LogP contribution in [-0.4, -0.2) is 10.8 Å². The molecule has 0 radical (unpaired) electrons. The summed E-state index contributed by atoms with van der Waals surface area (Å²) >= 11 is 0. The van der Waals surface area contributed by atoms with Crippen molar-refractivity contribution < 1.29 is 4.79 Å². The van der Waals surface area contributed by atoms with Crippen LogP contribution in [-0.2, 0) is 0 Å². The van der Waals surface area contributed by atoms with Gasteiger partial charge in [0.2, 0.25) is 0 Å². The second kappa shape index (κ2) is 6.10. The molecule has 0 amide bonds. The van der Waals surface area contributed by atoms with E-state index >= 15 is 0 Å². The number of hydrogen-bond acceptors (Lipinski definition) is 2. The van der Waals surface area contributed by atoms with Gasteiger partial charge in [0, 0.05) is 17.7 Å². The highest BCUT2D eigenvalue weighted by molar-refractivity contribution is 5.97. The molecule has 0 saturated carbocycles. The zero-order valence-electron chi connectivity index (χ0n) is 11.2. The summed E-state index contributed by atoms with van der Waals surface area (Å²) in [5.41, 5.74) is 2.66. The standard InChI is InChI=1S/C17H17NO/c1-13(2)17(19)15-9-11-16(18-12-15)10-8-14-6-4-3-5-7-14/h3-13H,1-2H3. The molecule has 0 fully saturated rings. The van der Waals surface area contributed by atoms with Gasteiger partial charge < -0.3 is 0 Å². The molecule has 0 spiro atoms. The molecule has 0 aliphatic carbocycles. The van der Waals surface area contributed by atoms with Crippen LogP contribution >= 0.6 is 0 Å². The fourth-order valence-electron chi connectivity index (χ4n) is 1.73. The first-order valence-electron chi connectivity index (χ1n) is 6.40. The van der Waals surface area contributed by atoms with Gasteiger partial charge >= 0.3 is 0 Å². The molecule has 0 unspecified atom stereocenters. The molecule has 1 heterocycles. The van der Waals surface area contributed by atoms with Crippen LogP contribution in [0.3, 0.4) is 0 Å². The Morgan fingerprint density at radius 3 is 2.37 bits per heavy atom. The normalized spacial score (nSPS) is 11.1. The number of aromatic nitrogens is 1. The predicted octanol–water partition coefficient (Wildman–Crippen LogP) is 4.09. The van der Waals surface area contributed by atoms with Crippen molar-refractivity contribution in [1.82, 2.24) is 4.98 Å². The van der Waals surface area contributed by atoms with E-state index in [9.17, 15) is 4.79 Å². The Kier molecular flexibility index (Phi) is 4.24. The molecule has 0 bridgehead atoms. The quantitative estimate of drug-likeness (QED) is 0.766. The van der Waals surface area contributed by atoms with Crippen molar-refractivity contribution in [3.63, 3.8) is 0 Å². The number of benzene rings is 1. The molecule has 2 heteroatoms. The zero-order chi connectivity index (χ0) is 13.7. The maximum atomic E-state index is 11.8. The Labute approximate surface area is 113 Å². The van der Waals surface area contributed by atoms with Crippen LogP contribution in [0.25, 0.3) is 12.2 Å². The second-order valence-corrected chi connectivity index (χ2v) is 4.73. The lowest BCUT2D eigenvalue weighted by molar-refractivity contribution is 0.0939. The van der Waals surface area contributed by atoms with E-state index in [2.05, 4.69) is 4.98 Å². The Morgan fingerprint density at radius 2 is 1.79 bits per heavy atom. The monoisotopic (exact) mass is 251 g/mol. The molecular formula is C17H17NO. The van der Waals surface area contributed by atoms with Crippen molar-refractivity contribution in [2.45, 2.75) is 13.8 Å². The summed E-state index contributed by atoms with van der Waals surface area (Å²) in [5.74, 6) is 0.138. The molecular weight excluding hydrogens is 234 g/mol. The van der Waals surface area contributed by atoms with Gasteiger partial charge in [0.1, 0.15) is 0 Å². The molecule has 19 heavy (non-hydrogen) atoms. The zero-order valence-corrected chi connectivity index (χ0v) is 11.2. The number of carbonyl (C=O) groups is 1. The van der Waals surface area contributed by atoms with E-state index in [0.29, 0.717) is 5.56 Å². The van der Waals surface area contributed by atoms with Crippen molar-refractivity contribution in [1.29, 1.82) is 0 Å². The summed E-state index contributed by atoms with van der Waals surface area (Å²) in [6.07, 6.45) is 5.60. The highest BCUT2D eigenvalue weighted by Gasteiger charge is 2.09. The SMILES string of the molecule is CC(C)C(=O)c1ccc(C=Cc2ccccc2)nc1. The number of carbonyl (C=O) groups excluding carboxylic acids is 1. The number of rotatable bonds is 4. The third-order valence-corrected chi connectivity index (χ3v) is 2.84. The van der Waals surface area contributed by atoms with Crippen molar-refractivity contribution >= 4 is 17.9 Å². The van der Waals surface area contributed by atoms with Gasteiger partial charge in [-0.25, -0.2) is 0 Å². The minimum absolute atomic E-state index is 0.00695. The first kappa shape index (κ1) is 13.2. The first-order chi connectivity index (χ1) is 9.16. The largest absolute Gasteiger partial charge is 0.294 e. The lowest BCUT2D eigenvalue weighted by atomic mass is 10.0. The van der Waals surface area contributed by atoms with E-state index in [1.165, 1.54) is 0 Å². The highest BCUT2D eigenvalue weighted by Crippen LogP contribution is 2.10. The summed E-state index contributed by atoms with van der Waals surface area (Å²) in [4.78, 5) is 16.1. The molecule has 1 aromatic carbocycles. The van der Waals surface area contributed by atoms with Crippen LogP contribution in [0.5, 0.6) is 0 Å². The number of hydrogen-bond donors (Lipinski definition) is 0. The Balaban J connectivity index is 2.11. The van der Waals surface area contributed by atoms with Gasteiger partial charge in [-0.2, -0.15) is 0 Å². The molecule has 1 aromatic heterocycles. The van der Waals surface area contributed by atoms with Crippen molar-refractivity contribution in [3.8, 4) is 0 Å². The van der Waals surface area contributed by atoms with Crippen molar-refractivity contribution in [2.75, 3.05) is 0 Å². The van der Waals surface area contributed by atoms with E-state index in [-0.39, 0.29) is 11.7 Å². The molecule has 0 atom stereocenters. The summed E-state index contributed by atoms with van der Waals surface area (Å²) in [5, 5.41) is 0. The van der Waals surface area contributed by atoms with E-state index < -0.39 is 0 Å². The van der Waals surface area contributed by atoms with E-state index in [0.717, 1.165) is 11.3 Å². The fraction of sp³-hybridized carbons (Fsp3) is 0.176. The average molecular weight is 251 g/mol. The Morgan fingerprint density at radius 1 is 1.05 bits per heavy atom. The molecule has 2 rings (SSSR count). The number of ketones is 1. The van der Waals surface area contributed by atoms with Gasteiger partial charge in [0.15, 0.2) is 5.78 Å². The third kappa shape index (κ3) is 3.62. The predicted molar refractivity (Wildman–Crippen MR) is 78.8 cm³/mol. The van der Waals surface area contributed by atoms with E-state index in [4.69, 9.17) is 0 Å². The van der Waals surface area contributed by atoms with Gasteiger partial charge in [0.25, 0.3) is 0 Å². The summed E-state index contributed by atoms with van der Waals surface area (Å²) < 4.78 is 0.